The maximum Gasteiger partial charge on any atom is 2.00 e. The molecule has 3 rings (SSSR count). The molecule has 0 aliphatic heterocycles. The number of hydrogen-bond acceptors (Lipinski definition) is 13. The summed E-state index contributed by atoms with van der Waals surface area (Å²) in [4.78, 5) is 9.40. The summed E-state index contributed by atoms with van der Waals surface area (Å²) >= 11 is 0. The number of hydrogen-bond donors (Lipinski definition) is 2. The topological polar surface area (TPSA) is 242 Å². The number of aromatic hydroxyl groups is 1. The molecule has 0 fully saturated rings. The molecule has 0 saturated carbocycles. The first-order valence-electron chi connectivity index (χ1n) is 8.64. The average molecular weight is 535 g/mol. The van der Waals surface area contributed by atoms with Gasteiger partial charge in [0.15, 0.2) is 0 Å². The van der Waals surface area contributed by atoms with Gasteiger partial charge in [-0.3, -0.25) is 10.1 Å². The number of azo groups is 2. The van der Waals surface area contributed by atoms with Crippen molar-refractivity contribution in [2.45, 2.75) is 4.90 Å². The predicted octanol–water partition coefficient (Wildman–Crippen LogP) is 2.76. The molecule has 3 N–H and O–H groups in total. The maximum atomic E-state index is 12.5. The number of nitrogen functional groups attached to an aromatic ring is 1. The number of anilines is 1. The van der Waals surface area contributed by atoms with Crippen LogP contribution in [0.5, 0.6) is 17.2 Å². The Morgan fingerprint density at radius 2 is 1.59 bits per heavy atom. The molecule has 34 heavy (non-hydrogen) atoms. The van der Waals surface area contributed by atoms with Gasteiger partial charge in [0.1, 0.15) is 27.2 Å². The molecule has 0 amide bonds. The maximum absolute atomic E-state index is 12.5. The smallest absolute Gasteiger partial charge is 0.871 e. The third-order valence-corrected chi connectivity index (χ3v) is 4.88. The Morgan fingerprint density at radius 1 is 0.912 bits per heavy atom. The number of nitrogens with zero attached hydrogens (tertiary/aromatic N) is 5. The van der Waals surface area contributed by atoms with Crippen molar-refractivity contribution in [3.8, 4) is 17.2 Å². The van der Waals surface area contributed by atoms with Gasteiger partial charge >= 0.3 is 17.1 Å². The van der Waals surface area contributed by atoms with Crippen LogP contribution in [0, 0.1) is 10.1 Å². The minimum Gasteiger partial charge on any atom is -0.871 e. The van der Waals surface area contributed by atoms with Gasteiger partial charge in [-0.05, 0) is 42.1 Å². The number of phenols is 1. The van der Waals surface area contributed by atoms with Gasteiger partial charge in [0.2, 0.25) is 0 Å². The molecule has 3 aromatic carbocycles. The van der Waals surface area contributed by atoms with Crippen molar-refractivity contribution in [3.63, 3.8) is 0 Å². The van der Waals surface area contributed by atoms with E-state index in [-0.39, 0.29) is 39.8 Å². The molecule has 0 heterocycles. The quantitative estimate of drug-likeness (QED) is 0.118. The van der Waals surface area contributed by atoms with Crippen molar-refractivity contribution < 1.29 is 50.3 Å². The Morgan fingerprint density at radius 3 is 2.21 bits per heavy atom. The van der Waals surface area contributed by atoms with E-state index in [9.17, 15) is 38.4 Å². The molecule has 0 aromatic heterocycles. The Labute approximate surface area is 201 Å². The zero-order valence-electron chi connectivity index (χ0n) is 16.4. The van der Waals surface area contributed by atoms with E-state index in [4.69, 9.17) is 5.73 Å². The van der Waals surface area contributed by atoms with E-state index >= 15 is 0 Å². The summed E-state index contributed by atoms with van der Waals surface area (Å²) in [7, 11) is -4.85. The third-order valence-electron chi connectivity index (χ3n) is 4.05. The number of nitro groups is 1. The molecule has 179 valence electrons. The molecule has 14 nitrogen and oxygen atoms in total. The fourth-order valence-electron chi connectivity index (χ4n) is 2.44. The van der Waals surface area contributed by atoms with Crippen LogP contribution < -0.4 is 15.9 Å². The van der Waals surface area contributed by atoms with Gasteiger partial charge in [-0.15, -0.1) is 5.11 Å². The van der Waals surface area contributed by atoms with Crippen molar-refractivity contribution in [1.29, 1.82) is 0 Å². The second kappa shape index (κ2) is 10.2. The number of rotatable bonds is 6. The molecule has 0 saturated heterocycles. The van der Waals surface area contributed by atoms with Gasteiger partial charge in [-0.1, -0.05) is 11.8 Å². The minimum atomic E-state index is -4.85. The van der Waals surface area contributed by atoms with Gasteiger partial charge in [-0.25, -0.2) is 8.42 Å². The van der Waals surface area contributed by atoms with Crippen LogP contribution in [0.4, 0.5) is 34.1 Å². The molecule has 3 aromatic rings. The van der Waals surface area contributed by atoms with Crippen LogP contribution in [0.1, 0.15) is 0 Å². The molecular weight excluding hydrogens is 524 g/mol. The molecular formula is C18H11CuN6O8S-. The molecule has 0 aliphatic rings. The molecule has 0 bridgehead atoms. The monoisotopic (exact) mass is 534 g/mol. The summed E-state index contributed by atoms with van der Waals surface area (Å²) in [6.07, 6.45) is 0. The fourth-order valence-corrected chi connectivity index (χ4v) is 2.93. The van der Waals surface area contributed by atoms with Crippen LogP contribution in [-0.4, -0.2) is 23.0 Å². The summed E-state index contributed by atoms with van der Waals surface area (Å²) in [5, 5.41) is 59.5. The Hall–Kier alpha value is -4.11. The Bertz CT molecular complexity index is 1430. The molecule has 0 unspecified atom stereocenters. The molecule has 0 aliphatic carbocycles. The summed E-state index contributed by atoms with van der Waals surface area (Å²) < 4.78 is 33.3. The van der Waals surface area contributed by atoms with E-state index in [2.05, 4.69) is 20.5 Å². The largest absolute Gasteiger partial charge is 2.00 e. The molecule has 0 spiro atoms. The number of phenolic OH excluding ortho intramolecular Hbond substituents is 1. The second-order valence-corrected chi connectivity index (χ2v) is 7.65. The van der Waals surface area contributed by atoms with Crippen molar-refractivity contribution >= 4 is 44.2 Å². The first kappa shape index (κ1) is 26.1. The van der Waals surface area contributed by atoms with Crippen LogP contribution in [0.15, 0.2) is 73.9 Å². The van der Waals surface area contributed by atoms with Gasteiger partial charge in [0.05, 0.1) is 26.9 Å². The average Bonchev–Trinajstić information content (AvgIpc) is 2.73. The molecule has 1 radical (unpaired) electrons. The van der Waals surface area contributed by atoms with Crippen molar-refractivity contribution in [2.75, 3.05) is 5.73 Å². The van der Waals surface area contributed by atoms with E-state index in [1.54, 1.807) is 0 Å². The van der Waals surface area contributed by atoms with E-state index in [1.807, 2.05) is 0 Å². The molecule has 16 heteroatoms. The van der Waals surface area contributed by atoms with E-state index in [0.29, 0.717) is 6.07 Å². The second-order valence-electron chi connectivity index (χ2n) is 6.27. The normalized spacial score (nSPS) is 11.6. The summed E-state index contributed by atoms with van der Waals surface area (Å²) in [5.74, 6) is -2.27. The van der Waals surface area contributed by atoms with Crippen LogP contribution in [0.2, 0.25) is 0 Å². The van der Waals surface area contributed by atoms with Gasteiger partial charge in [-0.2, -0.15) is 15.3 Å². The van der Waals surface area contributed by atoms with Gasteiger partial charge in [0, 0.05) is 6.07 Å². The van der Waals surface area contributed by atoms with E-state index in [0.717, 1.165) is 36.4 Å². The van der Waals surface area contributed by atoms with Crippen molar-refractivity contribution in [1.82, 2.24) is 0 Å². The standard InChI is InChI=1S/C18H14N6O8S.Cu/c19-11-7-9(1-4-14(11)24(28)29)20-23-17-16(26)6-3-12(18(17)27)21-22-13-8-10(33(30,31)32)2-5-15(13)25;/h1-8,25-27H,19H2,(H,30,31,32);/q;+2/p-3. The summed E-state index contributed by atoms with van der Waals surface area (Å²) in [5.41, 5.74) is 3.61. The molecule has 0 atom stereocenters. The summed E-state index contributed by atoms with van der Waals surface area (Å²) in [6.45, 7) is 0. The Kier molecular flexibility index (Phi) is 7.86. The zero-order chi connectivity index (χ0) is 24.3. The van der Waals surface area contributed by atoms with E-state index < -0.39 is 48.6 Å². The van der Waals surface area contributed by atoms with Crippen molar-refractivity contribution in [3.05, 3.63) is 58.6 Å². The zero-order valence-corrected chi connectivity index (χ0v) is 18.2. The number of nitro benzene ring substituents is 1. The SMILES string of the molecule is Nc1cc(N=Nc2c(O)ccc(N=Nc3cc(S(=O)(=O)[O-])ccc3[O-])c2[O-])ccc1[N+](=O)[O-].[Cu+2]. The third kappa shape index (κ3) is 5.81. The van der Waals surface area contributed by atoms with Crippen LogP contribution in [-0.2, 0) is 27.2 Å². The first-order chi connectivity index (χ1) is 15.5. The number of benzene rings is 3. The minimum absolute atomic E-state index is 0. The predicted molar refractivity (Wildman–Crippen MR) is 107 cm³/mol. The van der Waals surface area contributed by atoms with Crippen LogP contribution in [0.25, 0.3) is 0 Å². The number of nitrogens with two attached hydrogens (primary N) is 1. The fraction of sp³-hybridized carbons (Fsp3) is 0. The van der Waals surface area contributed by atoms with Crippen molar-refractivity contribution in [2.24, 2.45) is 20.5 Å². The van der Waals surface area contributed by atoms with Crippen LogP contribution in [0.3, 0.4) is 0 Å². The van der Waals surface area contributed by atoms with Gasteiger partial charge in [0.25, 0.3) is 5.69 Å². The van der Waals surface area contributed by atoms with Gasteiger partial charge < -0.3 is 25.6 Å². The first-order valence-corrected chi connectivity index (χ1v) is 10.1. The van der Waals surface area contributed by atoms with Crippen LogP contribution >= 0.6 is 0 Å². The Balaban J connectivity index is 0.00000408. The summed E-state index contributed by atoms with van der Waals surface area (Å²) in [6, 6.07) is 7.88. The van der Waals surface area contributed by atoms with E-state index in [1.165, 1.54) is 6.07 Å².